The Morgan fingerprint density at radius 2 is 1.85 bits per heavy atom. The lowest BCUT2D eigenvalue weighted by Gasteiger charge is -2.33. The fourth-order valence-corrected chi connectivity index (χ4v) is 3.85. The summed E-state index contributed by atoms with van der Waals surface area (Å²) in [6.07, 6.45) is 3.25. The number of ether oxygens (including phenoxy) is 2. The number of nitrogens with zero attached hydrogens (tertiary/aromatic N) is 2. The number of piperazine rings is 1. The third-order valence-corrected chi connectivity index (χ3v) is 5.62. The van der Waals surface area contributed by atoms with Crippen molar-refractivity contribution in [2.45, 2.75) is 13.5 Å². The van der Waals surface area contributed by atoms with E-state index in [1.54, 1.807) is 30.2 Å². The third-order valence-electron chi connectivity index (χ3n) is 5.34. The van der Waals surface area contributed by atoms with Gasteiger partial charge in [0.25, 0.3) is 0 Å². The summed E-state index contributed by atoms with van der Waals surface area (Å²) in [5.41, 5.74) is 1.82. The van der Waals surface area contributed by atoms with Gasteiger partial charge in [-0.2, -0.15) is 0 Å². The minimum atomic E-state index is -0.0767. The predicted octanol–water partition coefficient (Wildman–Crippen LogP) is 3.22. The zero-order chi connectivity index (χ0) is 23.6. The lowest BCUT2D eigenvalue weighted by molar-refractivity contribution is -0.128. The van der Waals surface area contributed by atoms with Crippen molar-refractivity contribution in [3.8, 4) is 11.5 Å². The Bertz CT molecular complexity index is 973. The zero-order valence-electron chi connectivity index (χ0n) is 19.1. The molecule has 0 bridgehead atoms. The topological polar surface area (TPSA) is 71.1 Å². The Kier molecular flexibility index (Phi) is 9.15. The molecule has 33 heavy (non-hydrogen) atoms. The van der Waals surface area contributed by atoms with E-state index in [0.717, 1.165) is 11.1 Å². The van der Waals surface area contributed by atoms with Gasteiger partial charge in [-0.1, -0.05) is 41.9 Å². The van der Waals surface area contributed by atoms with Gasteiger partial charge in [0.2, 0.25) is 11.8 Å². The molecule has 2 aromatic carbocycles. The smallest absolute Gasteiger partial charge is 0.246 e. The maximum Gasteiger partial charge on any atom is 0.246 e. The molecule has 0 unspecified atom stereocenters. The molecule has 1 heterocycles. The summed E-state index contributed by atoms with van der Waals surface area (Å²) < 4.78 is 10.9. The molecule has 3 rings (SSSR count). The number of halogens is 1. The molecule has 7 nitrogen and oxygen atoms in total. The van der Waals surface area contributed by atoms with Gasteiger partial charge in [0.05, 0.1) is 25.3 Å². The van der Waals surface area contributed by atoms with Crippen LogP contribution in [0.15, 0.2) is 48.5 Å². The quantitative estimate of drug-likeness (QED) is 0.568. The van der Waals surface area contributed by atoms with Gasteiger partial charge in [0.1, 0.15) is 0 Å². The van der Waals surface area contributed by atoms with E-state index < -0.39 is 0 Å². The van der Waals surface area contributed by atoms with Crippen LogP contribution >= 0.6 is 11.6 Å². The van der Waals surface area contributed by atoms with E-state index in [1.165, 1.54) is 6.08 Å². The Labute approximate surface area is 199 Å². The Morgan fingerprint density at radius 1 is 1.12 bits per heavy atom. The fraction of sp³-hybridized carbons (Fsp3) is 0.360. The van der Waals surface area contributed by atoms with Gasteiger partial charge >= 0.3 is 0 Å². The largest absolute Gasteiger partial charge is 0.493 e. The van der Waals surface area contributed by atoms with Crippen molar-refractivity contribution < 1.29 is 19.1 Å². The molecule has 1 N–H and O–H groups in total. The molecule has 1 aliphatic heterocycles. The second-order valence-electron chi connectivity index (χ2n) is 7.66. The monoisotopic (exact) mass is 471 g/mol. The van der Waals surface area contributed by atoms with Crippen LogP contribution < -0.4 is 14.8 Å². The second kappa shape index (κ2) is 12.3. The van der Waals surface area contributed by atoms with Crippen molar-refractivity contribution >= 4 is 29.5 Å². The first kappa shape index (κ1) is 24.6. The minimum absolute atomic E-state index is 0.0140. The van der Waals surface area contributed by atoms with Gasteiger partial charge in [-0.3, -0.25) is 14.5 Å². The first-order valence-corrected chi connectivity index (χ1v) is 11.4. The first-order valence-electron chi connectivity index (χ1n) is 11.0. The molecule has 176 valence electrons. The van der Waals surface area contributed by atoms with Crippen molar-refractivity contribution in [1.82, 2.24) is 15.1 Å². The number of hydrogen-bond acceptors (Lipinski definition) is 5. The van der Waals surface area contributed by atoms with E-state index >= 15 is 0 Å². The highest BCUT2D eigenvalue weighted by Crippen LogP contribution is 2.36. The number of hydrogen-bond donors (Lipinski definition) is 1. The van der Waals surface area contributed by atoms with Gasteiger partial charge in [0, 0.05) is 38.8 Å². The van der Waals surface area contributed by atoms with Gasteiger partial charge < -0.3 is 19.7 Å². The third kappa shape index (κ3) is 7.23. The molecule has 0 atom stereocenters. The summed E-state index contributed by atoms with van der Waals surface area (Å²) in [6, 6.07) is 13.3. The number of methoxy groups -OCH3 is 1. The average Bonchev–Trinajstić information content (AvgIpc) is 2.83. The summed E-state index contributed by atoms with van der Waals surface area (Å²) in [6.45, 7) is 5.65. The summed E-state index contributed by atoms with van der Waals surface area (Å²) in [7, 11) is 1.55. The van der Waals surface area contributed by atoms with Crippen LogP contribution in [0.1, 0.15) is 18.1 Å². The van der Waals surface area contributed by atoms with Gasteiger partial charge in [0.15, 0.2) is 11.5 Å². The molecular weight excluding hydrogens is 442 g/mol. The molecule has 2 amide bonds. The summed E-state index contributed by atoms with van der Waals surface area (Å²) in [4.78, 5) is 28.7. The highest BCUT2D eigenvalue weighted by molar-refractivity contribution is 6.32. The van der Waals surface area contributed by atoms with Crippen LogP contribution in [0.4, 0.5) is 0 Å². The van der Waals surface area contributed by atoms with Gasteiger partial charge in [-0.25, -0.2) is 0 Å². The second-order valence-corrected chi connectivity index (χ2v) is 8.07. The van der Waals surface area contributed by atoms with Crippen molar-refractivity contribution in [1.29, 1.82) is 0 Å². The normalized spacial score (nSPS) is 14.3. The van der Waals surface area contributed by atoms with Crippen LogP contribution in [0.5, 0.6) is 11.5 Å². The number of nitrogens with one attached hydrogen (secondary N) is 1. The SMILES string of the molecule is CCOc1c(Cl)cc(/C=C/C(=O)N2CCN(CC(=O)NCc3ccccc3)CC2)cc1OC. The van der Waals surface area contributed by atoms with Crippen molar-refractivity contribution in [3.63, 3.8) is 0 Å². The van der Waals surface area contributed by atoms with E-state index in [9.17, 15) is 9.59 Å². The molecule has 2 aromatic rings. The molecule has 0 saturated carbocycles. The van der Waals surface area contributed by atoms with E-state index in [4.69, 9.17) is 21.1 Å². The molecule has 0 radical (unpaired) electrons. The van der Waals surface area contributed by atoms with E-state index in [1.807, 2.05) is 37.3 Å². The number of carbonyl (C=O) groups excluding carboxylic acids is 2. The lowest BCUT2D eigenvalue weighted by atomic mass is 10.1. The average molecular weight is 472 g/mol. The number of carbonyl (C=O) groups is 2. The van der Waals surface area contributed by atoms with Crippen LogP contribution in [0.3, 0.4) is 0 Å². The predicted molar refractivity (Wildman–Crippen MR) is 130 cm³/mol. The Morgan fingerprint density at radius 3 is 2.52 bits per heavy atom. The maximum absolute atomic E-state index is 12.6. The molecule has 8 heteroatoms. The standard InChI is InChI=1S/C25H30ClN3O4/c1-3-33-25-21(26)15-20(16-22(25)32-2)9-10-24(31)29-13-11-28(12-14-29)18-23(30)27-17-19-7-5-4-6-8-19/h4-10,15-16H,3,11-14,17-18H2,1-2H3,(H,27,30)/b10-9+. The van der Waals surface area contributed by atoms with Crippen molar-refractivity contribution in [2.24, 2.45) is 0 Å². The van der Waals surface area contributed by atoms with Crippen LogP contribution in [-0.4, -0.2) is 68.1 Å². The number of benzene rings is 2. The highest BCUT2D eigenvalue weighted by Gasteiger charge is 2.21. The van der Waals surface area contributed by atoms with E-state index in [-0.39, 0.29) is 11.8 Å². The maximum atomic E-state index is 12.6. The highest BCUT2D eigenvalue weighted by atomic mass is 35.5. The van der Waals surface area contributed by atoms with E-state index in [0.29, 0.717) is 62.4 Å². The van der Waals surface area contributed by atoms with Crippen LogP contribution in [0, 0.1) is 0 Å². The van der Waals surface area contributed by atoms with Crippen LogP contribution in [0.25, 0.3) is 6.08 Å². The summed E-state index contributed by atoms with van der Waals surface area (Å²) in [5, 5.41) is 3.37. The first-order chi connectivity index (χ1) is 16.0. The van der Waals surface area contributed by atoms with Gasteiger partial charge in [-0.05, 0) is 36.3 Å². The van der Waals surface area contributed by atoms with Crippen molar-refractivity contribution in [2.75, 3.05) is 46.4 Å². The number of rotatable bonds is 9. The van der Waals surface area contributed by atoms with Crippen LogP contribution in [0.2, 0.25) is 5.02 Å². The Balaban J connectivity index is 1.46. The Hall–Kier alpha value is -3.03. The minimum Gasteiger partial charge on any atom is -0.493 e. The van der Waals surface area contributed by atoms with Gasteiger partial charge in [-0.15, -0.1) is 0 Å². The molecule has 1 aliphatic rings. The molecule has 1 fully saturated rings. The molecule has 0 aliphatic carbocycles. The van der Waals surface area contributed by atoms with E-state index in [2.05, 4.69) is 10.2 Å². The molecule has 0 spiro atoms. The lowest BCUT2D eigenvalue weighted by Crippen LogP contribution is -2.50. The molecular formula is C25H30ClN3O4. The summed E-state index contributed by atoms with van der Waals surface area (Å²) in [5.74, 6) is 0.927. The summed E-state index contributed by atoms with van der Waals surface area (Å²) >= 11 is 6.30. The van der Waals surface area contributed by atoms with Crippen molar-refractivity contribution in [3.05, 3.63) is 64.7 Å². The molecule has 1 saturated heterocycles. The molecule has 0 aromatic heterocycles. The fourth-order valence-electron chi connectivity index (χ4n) is 3.58. The zero-order valence-corrected chi connectivity index (χ0v) is 19.8. The number of amides is 2. The van der Waals surface area contributed by atoms with Crippen LogP contribution in [-0.2, 0) is 16.1 Å².